The molecule has 1 aliphatic rings. The number of nitrogens with zero attached hydrogens (tertiary/aromatic N) is 2. The van der Waals surface area contributed by atoms with Crippen molar-refractivity contribution in [2.45, 2.75) is 12.8 Å². The summed E-state index contributed by atoms with van der Waals surface area (Å²) in [5.74, 6) is 0.173. The van der Waals surface area contributed by atoms with E-state index in [1.165, 1.54) is 24.3 Å². The molecule has 1 saturated carbocycles. The minimum absolute atomic E-state index is 0.0533. The first kappa shape index (κ1) is 12.3. The lowest BCUT2D eigenvalue weighted by Crippen LogP contribution is -2.07. The number of allylic oxidation sites excluding steroid dienone is 1. The summed E-state index contributed by atoms with van der Waals surface area (Å²) in [6.45, 7) is 0. The maximum absolute atomic E-state index is 11.7. The Morgan fingerprint density at radius 1 is 1.50 bits per heavy atom. The van der Waals surface area contributed by atoms with Crippen molar-refractivity contribution in [1.29, 1.82) is 0 Å². The summed E-state index contributed by atoms with van der Waals surface area (Å²) in [6, 6.07) is 3.80. The largest absolute Gasteiger partial charge is 0.512 e. The second-order valence-electron chi connectivity index (χ2n) is 4.64. The lowest BCUT2D eigenvalue weighted by atomic mass is 10.2. The van der Waals surface area contributed by atoms with Crippen molar-refractivity contribution in [3.8, 4) is 0 Å². The number of aliphatic hydroxyl groups is 1. The number of nitro groups is 1. The van der Waals surface area contributed by atoms with Crippen molar-refractivity contribution in [3.63, 3.8) is 0 Å². The second kappa shape index (κ2) is 4.44. The molecule has 0 aliphatic heterocycles. The molecule has 7 heteroatoms. The van der Waals surface area contributed by atoms with Gasteiger partial charge in [0.1, 0.15) is 5.52 Å². The molecule has 0 saturated heterocycles. The monoisotopic (exact) mass is 274 g/mol. The Labute approximate surface area is 112 Å². The summed E-state index contributed by atoms with van der Waals surface area (Å²) in [4.78, 5) is 25.9. The molecule has 0 spiro atoms. The number of non-ortho nitro benzene ring substituents is 1. The molecule has 1 aliphatic carbocycles. The zero-order valence-corrected chi connectivity index (χ0v) is 10.3. The minimum Gasteiger partial charge on any atom is -0.512 e. The smallest absolute Gasteiger partial charge is 0.362 e. The standard InChI is InChI=1S/C13H10N2O5/c16-11(7-1-2-7)6-10-13(17)20-12-4-3-8(15(18)19)5-9(12)14-10/h3-7,16H,1-2H2/b11-6-. The molecule has 1 heterocycles. The SMILES string of the molecule is O=c1oc2ccc([N+](=O)[O-])cc2nc1/C=C(\O)C1CC1. The van der Waals surface area contributed by atoms with Gasteiger partial charge in [-0.15, -0.1) is 0 Å². The van der Waals surface area contributed by atoms with Crippen LogP contribution >= 0.6 is 0 Å². The Kier molecular flexibility index (Phi) is 2.74. The van der Waals surface area contributed by atoms with E-state index in [-0.39, 0.29) is 34.2 Å². The molecule has 0 amide bonds. The summed E-state index contributed by atoms with van der Waals surface area (Å²) in [6.07, 6.45) is 3.03. The molecule has 0 unspecified atom stereocenters. The number of hydrogen-bond acceptors (Lipinski definition) is 6. The fourth-order valence-electron chi connectivity index (χ4n) is 1.85. The molecular formula is C13H10N2O5. The number of fused-ring (bicyclic) bond motifs is 1. The van der Waals surface area contributed by atoms with E-state index in [9.17, 15) is 20.0 Å². The zero-order valence-electron chi connectivity index (χ0n) is 10.3. The van der Waals surface area contributed by atoms with Crippen molar-refractivity contribution in [3.05, 3.63) is 50.2 Å². The third-order valence-corrected chi connectivity index (χ3v) is 3.09. The van der Waals surface area contributed by atoms with E-state index < -0.39 is 10.5 Å². The Morgan fingerprint density at radius 2 is 2.25 bits per heavy atom. The van der Waals surface area contributed by atoms with Crippen molar-refractivity contribution in [1.82, 2.24) is 4.98 Å². The summed E-state index contributed by atoms with van der Waals surface area (Å²) in [5, 5.41) is 20.4. The van der Waals surface area contributed by atoms with Gasteiger partial charge in [-0.25, -0.2) is 9.78 Å². The van der Waals surface area contributed by atoms with Gasteiger partial charge in [0.2, 0.25) is 0 Å². The first-order valence-corrected chi connectivity index (χ1v) is 6.04. The summed E-state index contributed by atoms with van der Waals surface area (Å²) in [7, 11) is 0. The quantitative estimate of drug-likeness (QED) is 0.523. The molecule has 1 N–H and O–H groups in total. The first-order valence-electron chi connectivity index (χ1n) is 6.04. The van der Waals surface area contributed by atoms with E-state index in [1.54, 1.807) is 0 Å². The Hall–Kier alpha value is -2.70. The van der Waals surface area contributed by atoms with Crippen LogP contribution in [0.4, 0.5) is 5.69 Å². The van der Waals surface area contributed by atoms with Crippen LogP contribution in [0, 0.1) is 16.0 Å². The minimum atomic E-state index is -0.682. The van der Waals surface area contributed by atoms with Crippen LogP contribution in [-0.4, -0.2) is 15.0 Å². The van der Waals surface area contributed by atoms with Crippen LogP contribution in [0.5, 0.6) is 0 Å². The highest BCUT2D eigenvalue weighted by molar-refractivity contribution is 5.75. The molecule has 1 aromatic heterocycles. The average molecular weight is 274 g/mol. The predicted molar refractivity (Wildman–Crippen MR) is 70.3 cm³/mol. The van der Waals surface area contributed by atoms with Crippen molar-refractivity contribution in [2.75, 3.05) is 0 Å². The van der Waals surface area contributed by atoms with Gasteiger partial charge in [-0.1, -0.05) is 0 Å². The molecule has 7 nitrogen and oxygen atoms in total. The van der Waals surface area contributed by atoms with E-state index in [0.29, 0.717) is 0 Å². The van der Waals surface area contributed by atoms with Gasteiger partial charge in [0.05, 0.1) is 10.7 Å². The predicted octanol–water partition coefficient (Wildman–Crippen LogP) is 2.41. The topological polar surface area (TPSA) is 106 Å². The van der Waals surface area contributed by atoms with Crippen LogP contribution in [-0.2, 0) is 0 Å². The maximum atomic E-state index is 11.7. The highest BCUT2D eigenvalue weighted by atomic mass is 16.6. The van der Waals surface area contributed by atoms with Gasteiger partial charge in [-0.05, 0) is 18.9 Å². The molecule has 1 aromatic carbocycles. The third kappa shape index (κ3) is 2.25. The lowest BCUT2D eigenvalue weighted by molar-refractivity contribution is -0.384. The number of aliphatic hydroxyl groups excluding tert-OH is 1. The number of rotatable bonds is 3. The highest BCUT2D eigenvalue weighted by Crippen LogP contribution is 2.35. The van der Waals surface area contributed by atoms with Crippen LogP contribution in [0.15, 0.2) is 33.2 Å². The van der Waals surface area contributed by atoms with Gasteiger partial charge < -0.3 is 9.52 Å². The molecule has 20 heavy (non-hydrogen) atoms. The molecule has 102 valence electrons. The van der Waals surface area contributed by atoms with Crippen LogP contribution < -0.4 is 5.63 Å². The van der Waals surface area contributed by atoms with E-state index in [0.717, 1.165) is 12.8 Å². The Bertz CT molecular complexity index is 789. The van der Waals surface area contributed by atoms with Crippen molar-refractivity contribution in [2.24, 2.45) is 5.92 Å². The number of nitro benzene ring substituents is 1. The average Bonchev–Trinajstić information content (AvgIpc) is 3.23. The maximum Gasteiger partial charge on any atom is 0.362 e. The van der Waals surface area contributed by atoms with Crippen molar-refractivity contribution >= 4 is 22.9 Å². The van der Waals surface area contributed by atoms with Crippen LogP contribution in [0.1, 0.15) is 18.5 Å². The molecular weight excluding hydrogens is 264 g/mol. The van der Waals surface area contributed by atoms with Crippen molar-refractivity contribution < 1.29 is 14.4 Å². The van der Waals surface area contributed by atoms with E-state index in [1.807, 2.05) is 0 Å². The molecule has 1 fully saturated rings. The van der Waals surface area contributed by atoms with E-state index >= 15 is 0 Å². The normalized spacial score (nSPS) is 15.5. The molecule has 3 rings (SSSR count). The van der Waals surface area contributed by atoms with Gasteiger partial charge in [-0.3, -0.25) is 10.1 Å². The van der Waals surface area contributed by atoms with Gasteiger partial charge >= 0.3 is 5.63 Å². The van der Waals surface area contributed by atoms with Gasteiger partial charge in [0, 0.05) is 24.1 Å². The fourth-order valence-corrected chi connectivity index (χ4v) is 1.85. The third-order valence-electron chi connectivity index (χ3n) is 3.09. The second-order valence-corrected chi connectivity index (χ2v) is 4.64. The number of benzene rings is 1. The fraction of sp³-hybridized carbons (Fsp3) is 0.231. The number of aromatic nitrogens is 1. The first-order chi connectivity index (χ1) is 9.54. The molecule has 0 radical (unpaired) electrons. The summed E-state index contributed by atoms with van der Waals surface area (Å²) in [5.41, 5.74) is -0.501. The molecule has 0 atom stereocenters. The highest BCUT2D eigenvalue weighted by Gasteiger charge is 2.26. The summed E-state index contributed by atoms with van der Waals surface area (Å²) >= 11 is 0. The van der Waals surface area contributed by atoms with E-state index in [2.05, 4.69) is 4.98 Å². The van der Waals surface area contributed by atoms with E-state index in [4.69, 9.17) is 4.42 Å². The summed E-state index contributed by atoms with van der Waals surface area (Å²) < 4.78 is 5.03. The number of hydrogen-bond donors (Lipinski definition) is 1. The molecule has 2 aromatic rings. The zero-order chi connectivity index (χ0) is 14.3. The lowest BCUT2D eigenvalue weighted by Gasteiger charge is -1.99. The Morgan fingerprint density at radius 3 is 2.90 bits per heavy atom. The van der Waals surface area contributed by atoms with Gasteiger partial charge in [-0.2, -0.15) is 0 Å². The van der Waals surface area contributed by atoms with Gasteiger partial charge in [0.15, 0.2) is 11.3 Å². The Balaban J connectivity index is 2.13. The van der Waals surface area contributed by atoms with Crippen LogP contribution in [0.25, 0.3) is 17.2 Å². The van der Waals surface area contributed by atoms with Gasteiger partial charge in [0.25, 0.3) is 5.69 Å². The van der Waals surface area contributed by atoms with Crippen LogP contribution in [0.3, 0.4) is 0 Å². The van der Waals surface area contributed by atoms with Crippen LogP contribution in [0.2, 0.25) is 0 Å². The molecule has 0 bridgehead atoms.